The predicted molar refractivity (Wildman–Crippen MR) is 51.4 cm³/mol. The third kappa shape index (κ3) is 1.37. The summed E-state index contributed by atoms with van der Waals surface area (Å²) >= 11 is 0. The van der Waals surface area contributed by atoms with Crippen molar-refractivity contribution >= 4 is 10.9 Å². The molecule has 1 atom stereocenters. The van der Waals surface area contributed by atoms with E-state index in [2.05, 4.69) is 10.5 Å². The summed E-state index contributed by atoms with van der Waals surface area (Å²) in [5.74, 6) is 0.442. The lowest BCUT2D eigenvalue weighted by Gasteiger charge is -2.04. The highest BCUT2D eigenvalue weighted by molar-refractivity contribution is 5.80. The van der Waals surface area contributed by atoms with Gasteiger partial charge in [-0.2, -0.15) is 0 Å². The fourth-order valence-electron chi connectivity index (χ4n) is 1.38. The highest BCUT2D eigenvalue weighted by Gasteiger charge is 2.13. The quantitative estimate of drug-likeness (QED) is 0.796. The molecule has 1 aromatic heterocycles. The van der Waals surface area contributed by atoms with E-state index in [9.17, 15) is 4.39 Å². The van der Waals surface area contributed by atoms with Crippen molar-refractivity contribution < 1.29 is 8.91 Å². The molecule has 74 valence electrons. The van der Waals surface area contributed by atoms with Crippen molar-refractivity contribution in [2.45, 2.75) is 13.0 Å². The topological polar surface area (TPSA) is 38.1 Å². The molecule has 0 bridgehead atoms. The molecule has 0 saturated heterocycles. The van der Waals surface area contributed by atoms with Crippen molar-refractivity contribution in [1.29, 1.82) is 0 Å². The van der Waals surface area contributed by atoms with E-state index < -0.39 is 0 Å². The van der Waals surface area contributed by atoms with Crippen molar-refractivity contribution in [3.8, 4) is 0 Å². The molecule has 4 heteroatoms. The largest absolute Gasteiger partial charge is 0.358 e. The Morgan fingerprint density at radius 1 is 1.50 bits per heavy atom. The van der Waals surface area contributed by atoms with Crippen molar-refractivity contribution in [2.24, 2.45) is 0 Å². The van der Waals surface area contributed by atoms with E-state index >= 15 is 0 Å². The Morgan fingerprint density at radius 2 is 2.29 bits per heavy atom. The van der Waals surface area contributed by atoms with Crippen LogP contribution in [0, 0.1) is 5.82 Å². The molecular formula is C10H11FN2O. The van der Waals surface area contributed by atoms with Gasteiger partial charge in [-0.05, 0) is 26.1 Å². The minimum Gasteiger partial charge on any atom is -0.358 e. The highest BCUT2D eigenvalue weighted by Crippen LogP contribution is 2.24. The first-order chi connectivity index (χ1) is 6.72. The molecule has 0 radical (unpaired) electrons. The molecule has 3 nitrogen and oxygen atoms in total. The van der Waals surface area contributed by atoms with Crippen molar-refractivity contribution in [2.75, 3.05) is 7.05 Å². The van der Waals surface area contributed by atoms with Gasteiger partial charge in [0.1, 0.15) is 11.3 Å². The fourth-order valence-corrected chi connectivity index (χ4v) is 1.38. The van der Waals surface area contributed by atoms with Crippen LogP contribution in [0.2, 0.25) is 0 Å². The second kappa shape index (κ2) is 3.38. The fraction of sp³-hybridized carbons (Fsp3) is 0.300. The number of nitrogens with zero attached hydrogens (tertiary/aromatic N) is 1. The standard InChI is InChI=1S/C10H11FN2O/c1-6(12-2)10-8-4-3-7(11)5-9(8)13-14-10/h3-6,12H,1-2H3. The van der Waals surface area contributed by atoms with E-state index in [-0.39, 0.29) is 11.9 Å². The number of fused-ring (bicyclic) bond motifs is 1. The summed E-state index contributed by atoms with van der Waals surface area (Å²) in [7, 11) is 1.84. The zero-order valence-corrected chi connectivity index (χ0v) is 8.04. The van der Waals surface area contributed by atoms with E-state index in [4.69, 9.17) is 4.52 Å². The van der Waals surface area contributed by atoms with Crippen LogP contribution in [0.25, 0.3) is 10.9 Å². The summed E-state index contributed by atoms with van der Waals surface area (Å²) in [5.41, 5.74) is 0.558. The Morgan fingerprint density at radius 3 is 3.00 bits per heavy atom. The smallest absolute Gasteiger partial charge is 0.161 e. The number of nitrogens with one attached hydrogen (secondary N) is 1. The number of benzene rings is 1. The lowest BCUT2D eigenvalue weighted by molar-refractivity contribution is 0.360. The maximum Gasteiger partial charge on any atom is 0.161 e. The molecule has 0 fully saturated rings. The first kappa shape index (κ1) is 9.15. The van der Waals surface area contributed by atoms with Crippen LogP contribution in [0.15, 0.2) is 22.7 Å². The maximum absolute atomic E-state index is 12.8. The average molecular weight is 194 g/mol. The summed E-state index contributed by atoms with van der Waals surface area (Å²) in [6.07, 6.45) is 0. The summed E-state index contributed by atoms with van der Waals surface area (Å²) < 4.78 is 18.0. The number of aromatic nitrogens is 1. The van der Waals surface area contributed by atoms with E-state index in [0.29, 0.717) is 5.52 Å². The molecule has 2 aromatic rings. The van der Waals surface area contributed by atoms with Gasteiger partial charge in [0, 0.05) is 11.5 Å². The SMILES string of the molecule is CNC(C)c1onc2cc(F)ccc12. The molecule has 0 amide bonds. The predicted octanol–water partition coefficient (Wildman–Crippen LogP) is 2.25. The van der Waals surface area contributed by atoms with Crippen LogP contribution in [0.1, 0.15) is 18.7 Å². The normalized spacial score (nSPS) is 13.4. The zero-order valence-electron chi connectivity index (χ0n) is 8.04. The third-order valence-electron chi connectivity index (χ3n) is 2.29. The second-order valence-electron chi connectivity index (χ2n) is 3.22. The van der Waals surface area contributed by atoms with Crippen LogP contribution in [0.5, 0.6) is 0 Å². The van der Waals surface area contributed by atoms with Crippen LogP contribution in [0.3, 0.4) is 0 Å². The molecule has 0 spiro atoms. The number of hydrogen-bond donors (Lipinski definition) is 1. The van der Waals surface area contributed by atoms with Gasteiger partial charge in [0.25, 0.3) is 0 Å². The summed E-state index contributed by atoms with van der Waals surface area (Å²) in [5, 5.41) is 7.69. The van der Waals surface area contributed by atoms with Gasteiger partial charge in [0.2, 0.25) is 0 Å². The molecule has 2 rings (SSSR count). The van der Waals surface area contributed by atoms with Gasteiger partial charge in [-0.3, -0.25) is 0 Å². The van der Waals surface area contributed by atoms with Gasteiger partial charge in [0.05, 0.1) is 6.04 Å². The molecule has 1 heterocycles. The van der Waals surface area contributed by atoms with Crippen LogP contribution >= 0.6 is 0 Å². The lowest BCUT2D eigenvalue weighted by atomic mass is 10.1. The average Bonchev–Trinajstić information content (AvgIpc) is 2.59. The van der Waals surface area contributed by atoms with Crippen molar-refractivity contribution in [1.82, 2.24) is 10.5 Å². The van der Waals surface area contributed by atoms with Crippen LogP contribution in [-0.2, 0) is 0 Å². The lowest BCUT2D eigenvalue weighted by Crippen LogP contribution is -2.11. The Kier molecular flexibility index (Phi) is 2.21. The highest BCUT2D eigenvalue weighted by atomic mass is 19.1. The van der Waals surface area contributed by atoms with E-state index in [0.717, 1.165) is 11.1 Å². The Balaban J connectivity index is 2.58. The minimum atomic E-state index is -0.297. The molecule has 0 aliphatic heterocycles. The Hall–Kier alpha value is -1.42. The molecule has 1 N–H and O–H groups in total. The third-order valence-corrected chi connectivity index (χ3v) is 2.29. The number of hydrogen-bond acceptors (Lipinski definition) is 3. The molecule has 0 saturated carbocycles. The Bertz CT molecular complexity index is 452. The number of rotatable bonds is 2. The van der Waals surface area contributed by atoms with Gasteiger partial charge in [-0.25, -0.2) is 4.39 Å². The van der Waals surface area contributed by atoms with Gasteiger partial charge < -0.3 is 9.84 Å². The summed E-state index contributed by atoms with van der Waals surface area (Å²) in [4.78, 5) is 0. The van der Waals surface area contributed by atoms with E-state index in [1.807, 2.05) is 14.0 Å². The van der Waals surface area contributed by atoms with Gasteiger partial charge in [0.15, 0.2) is 5.76 Å². The molecule has 0 aliphatic carbocycles. The second-order valence-corrected chi connectivity index (χ2v) is 3.22. The van der Waals surface area contributed by atoms with Crippen LogP contribution in [-0.4, -0.2) is 12.2 Å². The van der Waals surface area contributed by atoms with E-state index in [1.165, 1.54) is 12.1 Å². The molecular weight excluding hydrogens is 183 g/mol. The summed E-state index contributed by atoms with van der Waals surface area (Å²) in [6.45, 7) is 1.96. The minimum absolute atomic E-state index is 0.0745. The first-order valence-corrected chi connectivity index (χ1v) is 4.44. The van der Waals surface area contributed by atoms with Gasteiger partial charge in [-0.1, -0.05) is 5.16 Å². The van der Waals surface area contributed by atoms with Crippen molar-refractivity contribution in [3.63, 3.8) is 0 Å². The Labute approximate surface area is 80.9 Å². The molecule has 14 heavy (non-hydrogen) atoms. The first-order valence-electron chi connectivity index (χ1n) is 4.44. The zero-order chi connectivity index (χ0) is 10.1. The van der Waals surface area contributed by atoms with Gasteiger partial charge in [-0.15, -0.1) is 0 Å². The van der Waals surface area contributed by atoms with Crippen LogP contribution < -0.4 is 5.32 Å². The molecule has 0 aliphatic rings. The van der Waals surface area contributed by atoms with E-state index in [1.54, 1.807) is 6.07 Å². The molecule has 1 unspecified atom stereocenters. The number of halogens is 1. The monoisotopic (exact) mass is 194 g/mol. The maximum atomic E-state index is 12.8. The van der Waals surface area contributed by atoms with Gasteiger partial charge >= 0.3 is 0 Å². The summed E-state index contributed by atoms with van der Waals surface area (Å²) in [6, 6.07) is 4.53. The molecule has 1 aromatic carbocycles. The van der Waals surface area contributed by atoms with Crippen LogP contribution in [0.4, 0.5) is 4.39 Å². The van der Waals surface area contributed by atoms with Crippen molar-refractivity contribution in [3.05, 3.63) is 29.8 Å².